The molecule has 0 unspecified atom stereocenters. The highest BCUT2D eigenvalue weighted by Crippen LogP contribution is 2.67. The van der Waals surface area contributed by atoms with Crippen LogP contribution in [0.4, 0.5) is 17.1 Å². The summed E-state index contributed by atoms with van der Waals surface area (Å²) in [6.45, 7) is 0. The third-order valence-corrected chi connectivity index (χ3v) is 5.03. The normalized spacial score (nSPS) is 10.3. The fourth-order valence-corrected chi connectivity index (χ4v) is 3.70. The minimum absolute atomic E-state index is 0.667. The Labute approximate surface area is 166 Å². The molecule has 0 aliphatic rings. The van der Waals surface area contributed by atoms with E-state index >= 15 is 0 Å². The summed E-state index contributed by atoms with van der Waals surface area (Å²) in [4.78, 5) is 0. The van der Waals surface area contributed by atoms with Gasteiger partial charge in [0.25, 0.3) is 0 Å². The van der Waals surface area contributed by atoms with Gasteiger partial charge in [-0.2, -0.15) is 0 Å². The third-order valence-electron chi connectivity index (χ3n) is 3.85. The average Bonchev–Trinajstić information content (AvgIpc) is 2.75. The highest BCUT2D eigenvalue weighted by Gasteiger charge is 1.95. The van der Waals surface area contributed by atoms with E-state index in [4.69, 9.17) is 29.5 Å². The van der Waals surface area contributed by atoms with Gasteiger partial charge < -0.3 is 37.8 Å². The number of para-hydroxylation sites is 3. The van der Waals surface area contributed by atoms with Crippen molar-refractivity contribution in [3.8, 4) is 17.2 Å². The fraction of sp³-hybridized carbons (Fsp3) is 0.143. The predicted octanol–water partition coefficient (Wildman–Crippen LogP) is 7.36. The number of rotatable bonds is 9. The van der Waals surface area contributed by atoms with Crippen LogP contribution in [-0.2, 0) is 0 Å². The third kappa shape index (κ3) is 4.78. The van der Waals surface area contributed by atoms with Crippen molar-refractivity contribution in [3.63, 3.8) is 0 Å². The van der Waals surface area contributed by atoms with Crippen molar-refractivity contribution < 1.29 is 14.2 Å². The zero-order valence-corrected chi connectivity index (χ0v) is 16.8. The van der Waals surface area contributed by atoms with Crippen LogP contribution in [0.3, 0.4) is 0 Å². The second-order valence-electron chi connectivity index (χ2n) is 5.58. The van der Waals surface area contributed by atoms with Crippen LogP contribution in [0.25, 0.3) is 15.3 Å². The molecule has 3 aromatic carbocycles. The molecule has 0 atom stereocenters. The van der Waals surface area contributed by atoms with E-state index in [2.05, 4.69) is 0 Å². The summed E-state index contributed by atoms with van der Waals surface area (Å²) in [7, 11) is 3.33. The molecule has 3 rings (SSSR count). The summed E-state index contributed by atoms with van der Waals surface area (Å²) < 4.78 is 16.3. The SMILES string of the molecule is COc1ccccc1[N-]P([N-]c1ccccc1OC)[N-]c1ccccc1OC. The van der Waals surface area contributed by atoms with Gasteiger partial charge in [0.15, 0.2) is 0 Å². The zero-order valence-electron chi connectivity index (χ0n) is 15.9. The summed E-state index contributed by atoms with van der Waals surface area (Å²) >= 11 is 0. The van der Waals surface area contributed by atoms with Crippen molar-refractivity contribution in [1.82, 2.24) is 0 Å². The molecule has 146 valence electrons. The molecule has 6 nitrogen and oxygen atoms in total. The smallest absolute Gasteiger partial charge is 0.104 e. The Morgan fingerprint density at radius 1 is 0.500 bits per heavy atom. The maximum absolute atomic E-state index is 5.42. The molecule has 0 saturated heterocycles. The van der Waals surface area contributed by atoms with E-state index in [0.29, 0.717) is 34.3 Å². The number of benzene rings is 3. The molecule has 0 heterocycles. The molecule has 0 aliphatic carbocycles. The second kappa shape index (κ2) is 9.72. The van der Waals surface area contributed by atoms with Crippen LogP contribution >= 0.6 is 8.37 Å². The summed E-state index contributed by atoms with van der Waals surface area (Å²) in [5.41, 5.74) is 2.07. The Bertz CT molecular complexity index is 790. The van der Waals surface area contributed by atoms with Gasteiger partial charge in [-0.15, -0.1) is 0 Å². The van der Waals surface area contributed by atoms with Gasteiger partial charge in [0, 0.05) is 0 Å². The Hall–Kier alpha value is -3.11. The molecule has 0 aliphatic heterocycles. The van der Waals surface area contributed by atoms with Gasteiger partial charge in [0.2, 0.25) is 0 Å². The van der Waals surface area contributed by atoms with E-state index in [0.717, 1.165) is 0 Å². The second-order valence-corrected chi connectivity index (χ2v) is 6.72. The first-order chi connectivity index (χ1) is 13.7. The van der Waals surface area contributed by atoms with Crippen LogP contribution < -0.4 is 14.2 Å². The molecule has 0 saturated carbocycles. The molecule has 28 heavy (non-hydrogen) atoms. The minimum atomic E-state index is -1.52. The largest absolute Gasteiger partial charge is 0.686 e. The Kier molecular flexibility index (Phi) is 6.82. The highest BCUT2D eigenvalue weighted by molar-refractivity contribution is 7.67. The minimum Gasteiger partial charge on any atom is -0.686 e. The van der Waals surface area contributed by atoms with Crippen molar-refractivity contribution in [2.45, 2.75) is 0 Å². The van der Waals surface area contributed by atoms with Gasteiger partial charge >= 0.3 is 0 Å². The number of ether oxygens (including phenoxy) is 3. The molecule has 0 N–H and O–H groups in total. The topological polar surface area (TPSA) is 70.0 Å². The molecule has 3 aromatic rings. The lowest BCUT2D eigenvalue weighted by molar-refractivity contribution is 0.417. The molecule has 7 heteroatoms. The Morgan fingerprint density at radius 2 is 0.786 bits per heavy atom. The van der Waals surface area contributed by atoms with E-state index in [-0.39, 0.29) is 0 Å². The molecule has 0 bridgehead atoms. The number of hydrogen-bond acceptors (Lipinski definition) is 3. The average molecular weight is 394 g/mol. The van der Waals surface area contributed by atoms with E-state index in [1.165, 1.54) is 0 Å². The Morgan fingerprint density at radius 3 is 1.07 bits per heavy atom. The summed E-state index contributed by atoms with van der Waals surface area (Å²) in [6.07, 6.45) is 0. The standard InChI is InChI=1S/C21H21N3O3P/c1-25-19-13-7-4-10-16(19)22-28(23-17-11-5-8-14-20(17)26-2)24-18-12-6-9-15-21(18)27-3/h4-15H,1-3H3/q-3. The summed E-state index contributed by atoms with van der Waals surface area (Å²) in [5, 5.41) is 14.3. The van der Waals surface area contributed by atoms with Crippen molar-refractivity contribution in [2.24, 2.45) is 0 Å². The molecule has 0 aromatic heterocycles. The van der Waals surface area contributed by atoms with Gasteiger partial charge in [0.1, 0.15) is 17.2 Å². The van der Waals surface area contributed by atoms with Crippen molar-refractivity contribution in [3.05, 3.63) is 88.1 Å². The lowest BCUT2D eigenvalue weighted by Crippen LogP contribution is -1.86. The van der Waals surface area contributed by atoms with E-state index < -0.39 is 8.37 Å². The van der Waals surface area contributed by atoms with Gasteiger partial charge in [-0.05, 0) is 18.2 Å². The molecule has 0 amide bonds. The van der Waals surface area contributed by atoms with E-state index in [1.54, 1.807) is 21.3 Å². The van der Waals surface area contributed by atoms with Gasteiger partial charge in [0.05, 0.1) is 21.3 Å². The number of hydrogen-bond donors (Lipinski definition) is 0. The summed E-state index contributed by atoms with van der Waals surface area (Å²) in [5.74, 6) is 2.00. The molecular formula is C21H21N3O3P-3. The van der Waals surface area contributed by atoms with Crippen molar-refractivity contribution >= 4 is 25.4 Å². The van der Waals surface area contributed by atoms with Crippen LogP contribution in [0.2, 0.25) is 0 Å². The predicted molar refractivity (Wildman–Crippen MR) is 115 cm³/mol. The van der Waals surface area contributed by atoms with E-state index in [9.17, 15) is 0 Å². The molecule has 0 radical (unpaired) electrons. The van der Waals surface area contributed by atoms with Crippen LogP contribution in [0.15, 0.2) is 72.8 Å². The van der Waals surface area contributed by atoms with Gasteiger partial charge in [-0.3, -0.25) is 0 Å². The van der Waals surface area contributed by atoms with Crippen molar-refractivity contribution in [1.29, 1.82) is 0 Å². The lowest BCUT2D eigenvalue weighted by atomic mass is 10.3. The van der Waals surface area contributed by atoms with Gasteiger partial charge in [-0.1, -0.05) is 71.7 Å². The quantitative estimate of drug-likeness (QED) is 0.356. The summed E-state index contributed by atoms with van der Waals surface area (Å²) in [6, 6.07) is 22.6. The first-order valence-electron chi connectivity index (χ1n) is 8.59. The highest BCUT2D eigenvalue weighted by atomic mass is 31.1. The van der Waals surface area contributed by atoms with Crippen LogP contribution in [0, 0.1) is 0 Å². The van der Waals surface area contributed by atoms with Crippen molar-refractivity contribution in [2.75, 3.05) is 21.3 Å². The van der Waals surface area contributed by atoms with Crippen LogP contribution in [0.1, 0.15) is 0 Å². The Balaban J connectivity index is 1.91. The first-order valence-corrected chi connectivity index (χ1v) is 9.79. The van der Waals surface area contributed by atoms with Crippen LogP contribution in [0.5, 0.6) is 17.2 Å². The number of nitrogens with zero attached hydrogens (tertiary/aromatic N) is 3. The maximum Gasteiger partial charge on any atom is 0.104 e. The molecule has 0 fully saturated rings. The number of methoxy groups -OCH3 is 3. The molecular weight excluding hydrogens is 373 g/mol. The monoisotopic (exact) mass is 394 g/mol. The van der Waals surface area contributed by atoms with E-state index in [1.807, 2.05) is 72.8 Å². The first kappa shape index (κ1) is 19.6. The van der Waals surface area contributed by atoms with Crippen LogP contribution in [-0.4, -0.2) is 21.3 Å². The lowest BCUT2D eigenvalue weighted by Gasteiger charge is -2.60. The molecule has 0 spiro atoms. The van der Waals surface area contributed by atoms with Gasteiger partial charge in [-0.25, -0.2) is 0 Å². The maximum atomic E-state index is 5.42. The fourth-order valence-electron chi connectivity index (χ4n) is 2.49. The zero-order chi connectivity index (χ0) is 19.8.